The molecule has 2 heteroatoms. The zero-order valence-corrected chi connectivity index (χ0v) is 9.76. The SMILES string of the molecule is CCC1(CC)CCCCCCCN1O. The highest BCUT2D eigenvalue weighted by Gasteiger charge is 2.32. The van der Waals surface area contributed by atoms with Crippen molar-refractivity contribution >= 4 is 0 Å². The van der Waals surface area contributed by atoms with Crippen LogP contribution in [-0.4, -0.2) is 22.4 Å². The Labute approximate surface area is 88.3 Å². The summed E-state index contributed by atoms with van der Waals surface area (Å²) in [7, 11) is 0. The molecule has 1 aliphatic heterocycles. The third-order valence-electron chi connectivity index (χ3n) is 3.88. The fourth-order valence-corrected chi connectivity index (χ4v) is 2.58. The van der Waals surface area contributed by atoms with Gasteiger partial charge in [0.1, 0.15) is 0 Å². The molecule has 84 valence electrons. The normalized spacial score (nSPS) is 25.1. The van der Waals surface area contributed by atoms with Gasteiger partial charge in [-0.1, -0.05) is 39.5 Å². The Morgan fingerprint density at radius 2 is 1.57 bits per heavy atom. The molecule has 0 spiro atoms. The Bertz CT molecular complexity index is 154. The molecule has 0 unspecified atom stereocenters. The van der Waals surface area contributed by atoms with Crippen molar-refractivity contribution in [2.45, 2.75) is 70.8 Å². The van der Waals surface area contributed by atoms with Crippen molar-refractivity contribution in [2.75, 3.05) is 6.54 Å². The van der Waals surface area contributed by atoms with E-state index in [1.54, 1.807) is 5.06 Å². The van der Waals surface area contributed by atoms with Gasteiger partial charge in [-0.3, -0.25) is 0 Å². The molecule has 0 amide bonds. The molecule has 0 radical (unpaired) electrons. The van der Waals surface area contributed by atoms with Crippen LogP contribution < -0.4 is 0 Å². The van der Waals surface area contributed by atoms with E-state index < -0.39 is 0 Å². The zero-order valence-electron chi connectivity index (χ0n) is 9.76. The minimum Gasteiger partial charge on any atom is -0.313 e. The summed E-state index contributed by atoms with van der Waals surface area (Å²) in [4.78, 5) is 0. The first kappa shape index (κ1) is 12.0. The predicted molar refractivity (Wildman–Crippen MR) is 59.5 cm³/mol. The molecule has 14 heavy (non-hydrogen) atoms. The second-order valence-corrected chi connectivity index (χ2v) is 4.57. The van der Waals surface area contributed by atoms with Crippen LogP contribution in [0.15, 0.2) is 0 Å². The van der Waals surface area contributed by atoms with Gasteiger partial charge >= 0.3 is 0 Å². The largest absolute Gasteiger partial charge is 0.313 e. The fourth-order valence-electron chi connectivity index (χ4n) is 2.58. The molecular formula is C12H25NO. The second kappa shape index (κ2) is 5.72. The van der Waals surface area contributed by atoms with Gasteiger partial charge in [-0.05, 0) is 25.7 Å². The quantitative estimate of drug-likeness (QED) is 0.734. The van der Waals surface area contributed by atoms with Crippen molar-refractivity contribution in [1.29, 1.82) is 0 Å². The van der Waals surface area contributed by atoms with Crippen LogP contribution in [0.1, 0.15) is 65.2 Å². The smallest absolute Gasteiger partial charge is 0.0455 e. The van der Waals surface area contributed by atoms with Crippen molar-refractivity contribution in [3.63, 3.8) is 0 Å². The van der Waals surface area contributed by atoms with Crippen LogP contribution in [0.3, 0.4) is 0 Å². The third-order valence-corrected chi connectivity index (χ3v) is 3.88. The van der Waals surface area contributed by atoms with Gasteiger partial charge in [0, 0.05) is 12.1 Å². The molecule has 1 N–H and O–H groups in total. The van der Waals surface area contributed by atoms with Crippen molar-refractivity contribution < 1.29 is 5.21 Å². The molecule has 0 aliphatic carbocycles. The summed E-state index contributed by atoms with van der Waals surface area (Å²) in [6, 6.07) is 0. The molecule has 0 saturated carbocycles. The average molecular weight is 199 g/mol. The molecule has 1 aliphatic rings. The van der Waals surface area contributed by atoms with Gasteiger partial charge < -0.3 is 5.21 Å². The maximum absolute atomic E-state index is 10.1. The lowest BCUT2D eigenvalue weighted by Gasteiger charge is -2.38. The van der Waals surface area contributed by atoms with E-state index in [0.717, 1.165) is 32.2 Å². The van der Waals surface area contributed by atoms with Crippen molar-refractivity contribution in [3.05, 3.63) is 0 Å². The second-order valence-electron chi connectivity index (χ2n) is 4.57. The summed E-state index contributed by atoms with van der Waals surface area (Å²) >= 11 is 0. The molecule has 0 aromatic rings. The lowest BCUT2D eigenvalue weighted by molar-refractivity contribution is -0.180. The van der Waals surface area contributed by atoms with Crippen LogP contribution in [0.25, 0.3) is 0 Å². The van der Waals surface area contributed by atoms with E-state index in [1.165, 1.54) is 25.7 Å². The average Bonchev–Trinajstić information content (AvgIpc) is 2.30. The molecule has 0 aromatic heterocycles. The Kier molecular flexibility index (Phi) is 4.90. The number of hydrogen-bond donors (Lipinski definition) is 1. The van der Waals surface area contributed by atoms with E-state index in [2.05, 4.69) is 13.8 Å². The Morgan fingerprint density at radius 1 is 1.00 bits per heavy atom. The predicted octanol–water partition coefficient (Wildman–Crippen LogP) is 3.59. The van der Waals surface area contributed by atoms with E-state index >= 15 is 0 Å². The summed E-state index contributed by atoms with van der Waals surface area (Å²) in [5, 5.41) is 11.7. The highest BCUT2D eigenvalue weighted by Crippen LogP contribution is 2.30. The topological polar surface area (TPSA) is 23.5 Å². The maximum atomic E-state index is 10.1. The Morgan fingerprint density at radius 3 is 2.21 bits per heavy atom. The minimum absolute atomic E-state index is 0.0737. The van der Waals surface area contributed by atoms with E-state index in [9.17, 15) is 5.21 Å². The van der Waals surface area contributed by atoms with Gasteiger partial charge in [-0.25, -0.2) is 0 Å². The molecule has 1 fully saturated rings. The van der Waals surface area contributed by atoms with Gasteiger partial charge in [0.15, 0.2) is 0 Å². The highest BCUT2D eigenvalue weighted by atomic mass is 16.5. The lowest BCUT2D eigenvalue weighted by Crippen LogP contribution is -2.46. The minimum atomic E-state index is 0.0737. The molecule has 1 rings (SSSR count). The van der Waals surface area contributed by atoms with Crippen LogP contribution in [0.5, 0.6) is 0 Å². The maximum Gasteiger partial charge on any atom is 0.0455 e. The molecule has 0 aromatic carbocycles. The number of nitrogens with zero attached hydrogens (tertiary/aromatic N) is 1. The molecule has 1 heterocycles. The lowest BCUT2D eigenvalue weighted by atomic mass is 9.86. The first-order valence-corrected chi connectivity index (χ1v) is 6.21. The molecule has 1 saturated heterocycles. The van der Waals surface area contributed by atoms with Crippen molar-refractivity contribution in [3.8, 4) is 0 Å². The van der Waals surface area contributed by atoms with Gasteiger partial charge in [0.05, 0.1) is 0 Å². The van der Waals surface area contributed by atoms with Gasteiger partial charge in [0.2, 0.25) is 0 Å². The standard InChI is InChI=1S/C12H25NO/c1-3-12(4-2)10-8-6-5-7-9-11-13(12)14/h14H,3-11H2,1-2H3. The van der Waals surface area contributed by atoms with E-state index in [-0.39, 0.29) is 5.54 Å². The van der Waals surface area contributed by atoms with Gasteiger partial charge in [-0.2, -0.15) is 5.06 Å². The van der Waals surface area contributed by atoms with Crippen LogP contribution in [0.2, 0.25) is 0 Å². The van der Waals surface area contributed by atoms with Crippen molar-refractivity contribution in [1.82, 2.24) is 5.06 Å². The molecular weight excluding hydrogens is 174 g/mol. The van der Waals surface area contributed by atoms with Crippen LogP contribution in [-0.2, 0) is 0 Å². The number of hydrogen-bond acceptors (Lipinski definition) is 2. The summed E-state index contributed by atoms with van der Waals surface area (Å²) in [5.41, 5.74) is 0.0737. The first-order chi connectivity index (χ1) is 6.75. The van der Waals surface area contributed by atoms with E-state index in [1.807, 2.05) is 0 Å². The summed E-state index contributed by atoms with van der Waals surface area (Å²) in [6.45, 7) is 5.26. The summed E-state index contributed by atoms with van der Waals surface area (Å²) in [5.74, 6) is 0. The number of rotatable bonds is 2. The highest BCUT2D eigenvalue weighted by molar-refractivity contribution is 4.84. The third kappa shape index (κ3) is 2.71. The van der Waals surface area contributed by atoms with Crippen LogP contribution in [0, 0.1) is 0 Å². The van der Waals surface area contributed by atoms with Crippen LogP contribution >= 0.6 is 0 Å². The van der Waals surface area contributed by atoms with E-state index in [0.29, 0.717) is 0 Å². The zero-order chi connectivity index (χ0) is 10.4. The van der Waals surface area contributed by atoms with Crippen molar-refractivity contribution in [2.24, 2.45) is 0 Å². The number of hydroxylamine groups is 2. The van der Waals surface area contributed by atoms with Gasteiger partial charge in [-0.15, -0.1) is 0 Å². The van der Waals surface area contributed by atoms with E-state index in [4.69, 9.17) is 0 Å². The Hall–Kier alpha value is -0.0800. The Balaban J connectivity index is 2.64. The molecule has 0 atom stereocenters. The molecule has 0 bridgehead atoms. The van der Waals surface area contributed by atoms with Crippen LogP contribution in [0.4, 0.5) is 0 Å². The monoisotopic (exact) mass is 199 g/mol. The summed E-state index contributed by atoms with van der Waals surface area (Å²) < 4.78 is 0. The summed E-state index contributed by atoms with van der Waals surface area (Å²) in [6.07, 6.45) is 9.70. The van der Waals surface area contributed by atoms with Gasteiger partial charge in [0.25, 0.3) is 0 Å². The first-order valence-electron chi connectivity index (χ1n) is 6.21. The molecule has 2 nitrogen and oxygen atoms in total. The fraction of sp³-hybridized carbons (Fsp3) is 1.00.